The van der Waals surface area contributed by atoms with Crippen molar-refractivity contribution in [1.29, 1.82) is 0 Å². The number of hydrogen-bond acceptors (Lipinski definition) is 1. The molecule has 0 aliphatic rings. The van der Waals surface area contributed by atoms with Crippen molar-refractivity contribution in [3.8, 4) is 0 Å². The number of nitrogens with zero attached hydrogens (tertiary/aromatic N) is 1. The van der Waals surface area contributed by atoms with Crippen LogP contribution >= 0.6 is 0 Å². The van der Waals surface area contributed by atoms with Gasteiger partial charge in [0.25, 0.3) is 0 Å². The average Bonchev–Trinajstić information content (AvgIpc) is 2.25. The summed E-state index contributed by atoms with van der Waals surface area (Å²) in [6.45, 7) is 13.6. The van der Waals surface area contributed by atoms with E-state index in [1.165, 1.54) is 21.9 Å². The fourth-order valence-electron chi connectivity index (χ4n) is 2.25. The normalized spacial score (nSPS) is 13.0. The molecule has 1 heterocycles. The number of pyridine rings is 1. The van der Waals surface area contributed by atoms with Crippen LogP contribution in [0.2, 0.25) is 0 Å². The Labute approximate surface area is 110 Å². The Morgan fingerprint density at radius 2 is 1.56 bits per heavy atom. The van der Waals surface area contributed by atoms with Gasteiger partial charge in [-0.05, 0) is 33.4 Å². The van der Waals surface area contributed by atoms with Gasteiger partial charge < -0.3 is 0 Å². The summed E-state index contributed by atoms with van der Waals surface area (Å²) < 4.78 is 0. The predicted octanol–water partition coefficient (Wildman–Crippen LogP) is 4.83. The van der Waals surface area contributed by atoms with Gasteiger partial charge in [-0.25, -0.2) is 0 Å². The molecule has 0 aliphatic carbocycles. The molecule has 96 valence electrons. The van der Waals surface area contributed by atoms with E-state index >= 15 is 0 Å². The maximum absolute atomic E-state index is 4.28. The van der Waals surface area contributed by atoms with Gasteiger partial charge in [0, 0.05) is 17.8 Å². The second-order valence-electron chi connectivity index (χ2n) is 7.12. The summed E-state index contributed by atoms with van der Waals surface area (Å²) in [7, 11) is 0. The first-order chi connectivity index (χ1) is 8.19. The quantitative estimate of drug-likeness (QED) is 0.643. The molecule has 0 N–H and O–H groups in total. The molecule has 0 fully saturated rings. The molecule has 0 amide bonds. The van der Waals surface area contributed by atoms with Crippen LogP contribution in [-0.2, 0) is 10.8 Å². The topological polar surface area (TPSA) is 12.9 Å². The van der Waals surface area contributed by atoms with Crippen molar-refractivity contribution < 1.29 is 0 Å². The smallest absolute Gasteiger partial charge is 0.0349 e. The highest BCUT2D eigenvalue weighted by Gasteiger charge is 2.21. The van der Waals surface area contributed by atoms with Crippen LogP contribution in [0, 0.1) is 0 Å². The van der Waals surface area contributed by atoms with E-state index in [1.807, 2.05) is 12.4 Å². The zero-order valence-corrected chi connectivity index (χ0v) is 12.3. The second kappa shape index (κ2) is 4.08. The van der Waals surface area contributed by atoms with Crippen molar-refractivity contribution in [2.75, 3.05) is 0 Å². The molecule has 0 radical (unpaired) electrons. The lowest BCUT2D eigenvalue weighted by molar-refractivity contribution is 0.573. The monoisotopic (exact) mass is 241 g/mol. The molecule has 0 unspecified atom stereocenters. The SMILES string of the molecule is CC(C)(C)c1cc(C(C)(C)C)c2cnccc2c1. The summed E-state index contributed by atoms with van der Waals surface area (Å²) in [5.41, 5.74) is 3.10. The molecule has 0 spiro atoms. The average molecular weight is 241 g/mol. The molecule has 0 saturated carbocycles. The van der Waals surface area contributed by atoms with Crippen LogP contribution in [0.3, 0.4) is 0 Å². The van der Waals surface area contributed by atoms with Crippen molar-refractivity contribution in [2.45, 2.75) is 52.4 Å². The van der Waals surface area contributed by atoms with Crippen molar-refractivity contribution in [1.82, 2.24) is 4.98 Å². The third-order valence-corrected chi connectivity index (χ3v) is 3.43. The highest BCUT2D eigenvalue weighted by molar-refractivity contribution is 5.86. The zero-order valence-electron chi connectivity index (χ0n) is 12.3. The first-order valence-electron chi connectivity index (χ1n) is 6.58. The second-order valence-corrected chi connectivity index (χ2v) is 7.12. The molecule has 0 bridgehead atoms. The minimum Gasteiger partial charge on any atom is -0.264 e. The maximum atomic E-state index is 4.28. The Bertz CT molecular complexity index is 568. The maximum Gasteiger partial charge on any atom is 0.0349 e. The molecule has 0 aliphatic heterocycles. The van der Waals surface area contributed by atoms with E-state index in [2.05, 4.69) is 64.7 Å². The van der Waals surface area contributed by atoms with Crippen LogP contribution < -0.4 is 0 Å². The Balaban J connectivity index is 2.81. The first-order valence-corrected chi connectivity index (χ1v) is 6.58. The first kappa shape index (κ1) is 13.1. The molecule has 2 rings (SSSR count). The summed E-state index contributed by atoms with van der Waals surface area (Å²) >= 11 is 0. The zero-order chi connectivity index (χ0) is 13.6. The van der Waals surface area contributed by atoms with Crippen LogP contribution in [0.1, 0.15) is 52.7 Å². The lowest BCUT2D eigenvalue weighted by Crippen LogP contribution is -2.16. The standard InChI is InChI=1S/C17H23N/c1-16(2,3)13-9-12-7-8-18-11-14(12)15(10-13)17(4,5)6/h7-11H,1-6H3. The molecule has 2 aromatic rings. The molecule has 1 heteroatoms. The van der Waals surface area contributed by atoms with Crippen LogP contribution in [0.25, 0.3) is 10.8 Å². The lowest BCUT2D eigenvalue weighted by atomic mass is 9.78. The van der Waals surface area contributed by atoms with Crippen molar-refractivity contribution in [2.24, 2.45) is 0 Å². The third-order valence-electron chi connectivity index (χ3n) is 3.43. The van der Waals surface area contributed by atoms with Crippen LogP contribution in [0.4, 0.5) is 0 Å². The van der Waals surface area contributed by atoms with E-state index in [4.69, 9.17) is 0 Å². The number of rotatable bonds is 0. The molecule has 0 atom stereocenters. The van der Waals surface area contributed by atoms with E-state index in [-0.39, 0.29) is 10.8 Å². The van der Waals surface area contributed by atoms with Gasteiger partial charge in [-0.15, -0.1) is 0 Å². The number of aromatic nitrogens is 1. The Kier molecular flexibility index (Phi) is 2.96. The van der Waals surface area contributed by atoms with Gasteiger partial charge >= 0.3 is 0 Å². The van der Waals surface area contributed by atoms with Gasteiger partial charge in [0.05, 0.1) is 0 Å². The molecular weight excluding hydrogens is 218 g/mol. The van der Waals surface area contributed by atoms with Gasteiger partial charge in [0.15, 0.2) is 0 Å². The number of hydrogen-bond donors (Lipinski definition) is 0. The number of fused-ring (bicyclic) bond motifs is 1. The third kappa shape index (κ3) is 2.40. The van der Waals surface area contributed by atoms with Gasteiger partial charge in [-0.2, -0.15) is 0 Å². The van der Waals surface area contributed by atoms with Crippen molar-refractivity contribution in [3.63, 3.8) is 0 Å². The van der Waals surface area contributed by atoms with Gasteiger partial charge in [-0.1, -0.05) is 53.7 Å². The largest absolute Gasteiger partial charge is 0.264 e. The number of benzene rings is 1. The van der Waals surface area contributed by atoms with Crippen molar-refractivity contribution in [3.05, 3.63) is 41.7 Å². The molecular formula is C17H23N. The Hall–Kier alpha value is -1.37. The summed E-state index contributed by atoms with van der Waals surface area (Å²) in [5.74, 6) is 0. The van der Waals surface area contributed by atoms with Crippen LogP contribution in [0.5, 0.6) is 0 Å². The Morgan fingerprint density at radius 3 is 2.11 bits per heavy atom. The highest BCUT2D eigenvalue weighted by atomic mass is 14.6. The summed E-state index contributed by atoms with van der Waals surface area (Å²) in [6, 6.07) is 6.76. The molecule has 18 heavy (non-hydrogen) atoms. The Morgan fingerprint density at radius 1 is 0.889 bits per heavy atom. The predicted molar refractivity (Wildman–Crippen MR) is 79.1 cm³/mol. The lowest BCUT2D eigenvalue weighted by Gasteiger charge is -2.26. The van der Waals surface area contributed by atoms with E-state index in [0.29, 0.717) is 0 Å². The van der Waals surface area contributed by atoms with E-state index in [0.717, 1.165) is 0 Å². The molecule has 1 aromatic carbocycles. The van der Waals surface area contributed by atoms with E-state index in [1.54, 1.807) is 0 Å². The van der Waals surface area contributed by atoms with E-state index in [9.17, 15) is 0 Å². The van der Waals surface area contributed by atoms with Gasteiger partial charge in [-0.3, -0.25) is 4.98 Å². The minimum absolute atomic E-state index is 0.141. The van der Waals surface area contributed by atoms with Gasteiger partial charge in [0.2, 0.25) is 0 Å². The summed E-state index contributed by atoms with van der Waals surface area (Å²) in [4.78, 5) is 4.28. The molecule has 0 saturated heterocycles. The summed E-state index contributed by atoms with van der Waals surface area (Å²) in [6.07, 6.45) is 3.86. The highest BCUT2D eigenvalue weighted by Crippen LogP contribution is 2.34. The summed E-state index contributed by atoms with van der Waals surface area (Å²) in [5, 5.41) is 2.57. The van der Waals surface area contributed by atoms with Gasteiger partial charge in [0.1, 0.15) is 0 Å². The fraction of sp³-hybridized carbons (Fsp3) is 0.471. The van der Waals surface area contributed by atoms with Crippen molar-refractivity contribution >= 4 is 10.8 Å². The van der Waals surface area contributed by atoms with Crippen LogP contribution in [-0.4, -0.2) is 4.98 Å². The van der Waals surface area contributed by atoms with E-state index < -0.39 is 0 Å². The molecule has 1 nitrogen and oxygen atoms in total. The molecule has 1 aromatic heterocycles. The van der Waals surface area contributed by atoms with Crippen LogP contribution in [0.15, 0.2) is 30.6 Å². The fourth-order valence-corrected chi connectivity index (χ4v) is 2.25. The minimum atomic E-state index is 0.141.